The van der Waals surface area contributed by atoms with Crippen LogP contribution in [0.1, 0.15) is 13.8 Å². The topological polar surface area (TPSA) is 82.1 Å². The second kappa shape index (κ2) is 4.17. The van der Waals surface area contributed by atoms with Crippen LogP contribution in [0.4, 0.5) is 0 Å². The first-order valence-corrected chi connectivity index (χ1v) is 6.45. The summed E-state index contributed by atoms with van der Waals surface area (Å²) in [5, 5.41) is 9.43. The summed E-state index contributed by atoms with van der Waals surface area (Å²) >= 11 is 0. The molecule has 6 heteroatoms. The molecular weight excluding hydrogens is 264 g/mol. The van der Waals surface area contributed by atoms with Crippen molar-refractivity contribution in [2.24, 2.45) is 11.8 Å². The molecule has 2 bridgehead atoms. The molecule has 1 fully saturated rings. The van der Waals surface area contributed by atoms with E-state index < -0.39 is 29.6 Å². The molecule has 0 spiro atoms. The van der Waals surface area contributed by atoms with Crippen molar-refractivity contribution >= 4 is 11.9 Å². The number of esters is 1. The van der Waals surface area contributed by atoms with Gasteiger partial charge in [0.05, 0.1) is 30.5 Å². The first-order chi connectivity index (χ1) is 9.35. The molecule has 0 aromatic heterocycles. The van der Waals surface area contributed by atoms with Gasteiger partial charge in [-0.05, 0) is 13.8 Å². The molecule has 1 heterocycles. The summed E-state index contributed by atoms with van der Waals surface area (Å²) in [6.45, 7) is 3.56. The molecule has 0 aromatic carbocycles. The maximum atomic E-state index is 11.9. The first kappa shape index (κ1) is 13.3. The molecule has 0 radical (unpaired) electrons. The van der Waals surface area contributed by atoms with E-state index in [-0.39, 0.29) is 23.4 Å². The third-order valence-corrected chi connectivity index (χ3v) is 3.99. The van der Waals surface area contributed by atoms with Crippen LogP contribution in [-0.4, -0.2) is 42.1 Å². The van der Waals surface area contributed by atoms with E-state index in [1.54, 1.807) is 19.9 Å². The van der Waals surface area contributed by atoms with Crippen molar-refractivity contribution in [2.45, 2.75) is 31.8 Å². The molecule has 0 unspecified atom stereocenters. The fourth-order valence-corrected chi connectivity index (χ4v) is 3.32. The Hall–Kier alpha value is -1.66. The van der Waals surface area contributed by atoms with Gasteiger partial charge < -0.3 is 19.3 Å². The molecule has 4 atom stereocenters. The Morgan fingerprint density at radius 1 is 1.15 bits per heavy atom. The van der Waals surface area contributed by atoms with Crippen molar-refractivity contribution in [3.05, 3.63) is 23.3 Å². The van der Waals surface area contributed by atoms with Crippen LogP contribution >= 0.6 is 0 Å². The summed E-state index contributed by atoms with van der Waals surface area (Å²) in [5.74, 6) is -3.44. The lowest BCUT2D eigenvalue weighted by atomic mass is 9.68. The quantitative estimate of drug-likeness (QED) is 0.597. The van der Waals surface area contributed by atoms with E-state index in [0.29, 0.717) is 0 Å². The van der Waals surface area contributed by atoms with Gasteiger partial charge in [0, 0.05) is 11.8 Å². The molecule has 3 aliphatic carbocycles. The van der Waals surface area contributed by atoms with Crippen molar-refractivity contribution in [3.63, 3.8) is 0 Å². The van der Waals surface area contributed by atoms with Crippen LogP contribution in [0.5, 0.6) is 0 Å². The average Bonchev–Trinajstić information content (AvgIpc) is 2.73. The van der Waals surface area contributed by atoms with Gasteiger partial charge in [-0.25, -0.2) is 9.59 Å². The lowest BCUT2D eigenvalue weighted by Gasteiger charge is -2.39. The summed E-state index contributed by atoms with van der Waals surface area (Å²) < 4.78 is 16.4. The Labute approximate surface area is 116 Å². The van der Waals surface area contributed by atoms with Crippen LogP contribution in [0, 0.1) is 11.8 Å². The lowest BCUT2D eigenvalue weighted by Crippen LogP contribution is -2.48. The minimum Gasteiger partial charge on any atom is -0.478 e. The molecule has 0 saturated carbocycles. The SMILES string of the molecule is COC(=O)C1=C(C(=O)O)[C@H]2C=C[C@H]1[C@@H]1OC(C)(C)O[C@H]12. The second-order valence-electron chi connectivity index (χ2n) is 5.63. The number of carbonyl (C=O) groups excluding carboxylic acids is 1. The molecule has 0 aromatic rings. The van der Waals surface area contributed by atoms with Gasteiger partial charge in [-0.2, -0.15) is 0 Å². The van der Waals surface area contributed by atoms with E-state index in [0.717, 1.165) is 0 Å². The highest BCUT2D eigenvalue weighted by Gasteiger charge is 2.57. The number of methoxy groups -OCH3 is 1. The van der Waals surface area contributed by atoms with Crippen molar-refractivity contribution in [3.8, 4) is 0 Å². The summed E-state index contributed by atoms with van der Waals surface area (Å²) in [4.78, 5) is 23.5. The first-order valence-electron chi connectivity index (χ1n) is 6.45. The van der Waals surface area contributed by atoms with Crippen LogP contribution in [0.3, 0.4) is 0 Å². The van der Waals surface area contributed by atoms with Gasteiger partial charge in [0.1, 0.15) is 0 Å². The minimum atomic E-state index is -1.11. The number of rotatable bonds is 2. The van der Waals surface area contributed by atoms with Crippen molar-refractivity contribution in [1.29, 1.82) is 0 Å². The Kier molecular flexibility index (Phi) is 2.78. The van der Waals surface area contributed by atoms with Gasteiger partial charge in [-0.1, -0.05) is 12.2 Å². The van der Waals surface area contributed by atoms with Gasteiger partial charge in [-0.3, -0.25) is 0 Å². The van der Waals surface area contributed by atoms with E-state index in [1.165, 1.54) is 7.11 Å². The van der Waals surface area contributed by atoms with Crippen LogP contribution in [0.25, 0.3) is 0 Å². The highest BCUT2D eigenvalue weighted by Crippen LogP contribution is 2.49. The zero-order chi connectivity index (χ0) is 14.7. The van der Waals surface area contributed by atoms with Crippen molar-refractivity contribution < 1.29 is 28.9 Å². The molecule has 20 heavy (non-hydrogen) atoms. The molecule has 4 rings (SSSR count). The fourth-order valence-electron chi connectivity index (χ4n) is 3.32. The normalized spacial score (nSPS) is 37.0. The average molecular weight is 280 g/mol. The number of aliphatic carboxylic acids is 1. The van der Waals surface area contributed by atoms with E-state index in [2.05, 4.69) is 0 Å². The number of hydrogen-bond donors (Lipinski definition) is 1. The number of carboxylic acid groups (broad SMARTS) is 1. The second-order valence-corrected chi connectivity index (χ2v) is 5.63. The summed E-state index contributed by atoms with van der Waals surface area (Å²) in [7, 11) is 1.24. The Bertz CT molecular complexity index is 544. The van der Waals surface area contributed by atoms with E-state index >= 15 is 0 Å². The molecular formula is C14H16O6. The van der Waals surface area contributed by atoms with E-state index in [9.17, 15) is 14.7 Å². The monoisotopic (exact) mass is 280 g/mol. The van der Waals surface area contributed by atoms with Crippen LogP contribution < -0.4 is 0 Å². The predicted molar refractivity (Wildman–Crippen MR) is 66.6 cm³/mol. The van der Waals surface area contributed by atoms with Gasteiger partial charge in [0.2, 0.25) is 0 Å². The van der Waals surface area contributed by atoms with Crippen molar-refractivity contribution in [1.82, 2.24) is 0 Å². The third-order valence-electron chi connectivity index (χ3n) is 3.99. The summed E-state index contributed by atoms with van der Waals surface area (Å²) in [6.07, 6.45) is 2.87. The molecule has 108 valence electrons. The van der Waals surface area contributed by atoms with Gasteiger partial charge in [-0.15, -0.1) is 0 Å². The standard InChI is InChI=1S/C14H16O6/c1-14(2)19-10-6-4-5-7(11(10)20-14)9(13(17)18-3)8(6)12(15)16/h4-7,10-11H,1-3H3,(H,15,16)/t6-,7-,10+,11+/m1/s1. The zero-order valence-electron chi connectivity index (χ0n) is 11.5. The maximum Gasteiger partial charge on any atom is 0.335 e. The summed E-state index contributed by atoms with van der Waals surface area (Å²) in [5.41, 5.74) is 0.238. The smallest absolute Gasteiger partial charge is 0.335 e. The molecule has 1 aliphatic heterocycles. The Balaban J connectivity index is 2.09. The molecule has 4 aliphatic rings. The van der Waals surface area contributed by atoms with Crippen LogP contribution in [-0.2, 0) is 23.8 Å². The lowest BCUT2D eigenvalue weighted by molar-refractivity contribution is -0.149. The van der Waals surface area contributed by atoms with Crippen molar-refractivity contribution in [2.75, 3.05) is 7.11 Å². The van der Waals surface area contributed by atoms with Crippen LogP contribution in [0.2, 0.25) is 0 Å². The number of hydrogen-bond acceptors (Lipinski definition) is 5. The van der Waals surface area contributed by atoms with Gasteiger partial charge in [0.25, 0.3) is 0 Å². The Morgan fingerprint density at radius 3 is 2.10 bits per heavy atom. The van der Waals surface area contributed by atoms with E-state index in [4.69, 9.17) is 14.2 Å². The third kappa shape index (κ3) is 1.72. The highest BCUT2D eigenvalue weighted by molar-refractivity contribution is 6.02. The number of ether oxygens (including phenoxy) is 3. The van der Waals surface area contributed by atoms with Crippen LogP contribution in [0.15, 0.2) is 23.3 Å². The molecule has 6 nitrogen and oxygen atoms in total. The molecule has 1 saturated heterocycles. The maximum absolute atomic E-state index is 11.9. The zero-order valence-corrected chi connectivity index (χ0v) is 11.5. The van der Waals surface area contributed by atoms with Gasteiger partial charge >= 0.3 is 11.9 Å². The molecule has 0 amide bonds. The predicted octanol–water partition coefficient (Wildman–Crippen LogP) is 0.876. The number of carboxylic acids is 1. The van der Waals surface area contributed by atoms with E-state index in [1.807, 2.05) is 6.08 Å². The number of carbonyl (C=O) groups is 2. The summed E-state index contributed by atoms with van der Waals surface area (Å²) in [6, 6.07) is 0. The Morgan fingerprint density at radius 2 is 1.65 bits per heavy atom. The highest BCUT2D eigenvalue weighted by atomic mass is 16.8. The van der Waals surface area contributed by atoms with Gasteiger partial charge in [0.15, 0.2) is 5.79 Å². The molecule has 1 N–H and O–H groups in total. The minimum absolute atomic E-state index is 0.0619. The fraction of sp³-hybridized carbons (Fsp3) is 0.571. The largest absolute Gasteiger partial charge is 0.478 e.